The fourth-order valence-corrected chi connectivity index (χ4v) is 0.984. The molecule has 0 N–H and O–H groups in total. The molecule has 0 aliphatic rings. The normalized spacial score (nSPS) is 13.1. The third-order valence-corrected chi connectivity index (χ3v) is 2.53. The minimum atomic E-state index is -1.16. The van der Waals surface area contributed by atoms with Crippen LogP contribution < -0.4 is 0 Å². The van der Waals surface area contributed by atoms with Crippen molar-refractivity contribution in [1.82, 2.24) is 0 Å². The van der Waals surface area contributed by atoms with Crippen molar-refractivity contribution >= 4 is 12.3 Å². The summed E-state index contributed by atoms with van der Waals surface area (Å²) in [7, 11) is 3.07. The molecule has 0 aromatic rings. The standard InChI is InChI=1S/C12H22O10/c1-9(15-3)5-7-17-11(13)19-21-22-20-12(14)18-8-6-10(2)16-4/h9-10H,5-8H2,1-4H3. The average molecular weight is 326 g/mol. The van der Waals surface area contributed by atoms with Gasteiger partial charge in [0.25, 0.3) is 0 Å². The van der Waals surface area contributed by atoms with Crippen molar-refractivity contribution in [2.24, 2.45) is 0 Å². The number of hydrogen-bond donors (Lipinski definition) is 0. The van der Waals surface area contributed by atoms with Crippen molar-refractivity contribution in [3.8, 4) is 0 Å². The molecule has 0 fully saturated rings. The lowest BCUT2D eigenvalue weighted by atomic mass is 10.3. The van der Waals surface area contributed by atoms with Gasteiger partial charge in [-0.2, -0.15) is 0 Å². The molecule has 2 atom stereocenters. The smallest absolute Gasteiger partial charge is 0.432 e. The third-order valence-electron chi connectivity index (χ3n) is 2.53. The first-order chi connectivity index (χ1) is 10.5. The average Bonchev–Trinajstić information content (AvgIpc) is 2.51. The maximum absolute atomic E-state index is 11.0. The predicted octanol–water partition coefficient (Wildman–Crippen LogP) is 1.92. The van der Waals surface area contributed by atoms with E-state index in [-0.39, 0.29) is 25.4 Å². The van der Waals surface area contributed by atoms with Crippen molar-refractivity contribution in [2.75, 3.05) is 27.4 Å². The maximum atomic E-state index is 11.0. The van der Waals surface area contributed by atoms with Crippen LogP contribution in [-0.2, 0) is 38.8 Å². The molecule has 10 heteroatoms. The zero-order chi connectivity index (χ0) is 16.8. The molecule has 0 rings (SSSR count). The van der Waals surface area contributed by atoms with E-state index in [0.717, 1.165) is 0 Å². The van der Waals surface area contributed by atoms with Crippen molar-refractivity contribution in [2.45, 2.75) is 38.9 Å². The highest BCUT2D eigenvalue weighted by Crippen LogP contribution is 1.99. The number of carbonyl (C=O) groups excluding carboxylic acids is 2. The molecule has 10 nitrogen and oxygen atoms in total. The van der Waals surface area contributed by atoms with E-state index in [1.807, 2.05) is 0 Å². The molecule has 0 aromatic heterocycles. The molecule has 0 saturated heterocycles. The van der Waals surface area contributed by atoms with Crippen molar-refractivity contribution in [1.29, 1.82) is 0 Å². The number of hydrogen-bond acceptors (Lipinski definition) is 10. The molecule has 0 aromatic carbocycles. The summed E-state index contributed by atoms with van der Waals surface area (Å²) >= 11 is 0. The number of rotatable bonds is 11. The number of ether oxygens (including phenoxy) is 4. The van der Waals surface area contributed by atoms with Gasteiger partial charge in [-0.1, -0.05) is 0 Å². The van der Waals surface area contributed by atoms with Crippen LogP contribution in [0.1, 0.15) is 26.7 Å². The highest BCUT2D eigenvalue weighted by Gasteiger charge is 2.11. The molecule has 0 heterocycles. The second-order valence-electron chi connectivity index (χ2n) is 4.17. The van der Waals surface area contributed by atoms with Crippen LogP contribution >= 0.6 is 0 Å². The quantitative estimate of drug-likeness (QED) is 0.242. The van der Waals surface area contributed by atoms with Gasteiger partial charge in [-0.15, -0.1) is 0 Å². The van der Waals surface area contributed by atoms with Crippen LogP contribution in [0.15, 0.2) is 0 Å². The first-order valence-corrected chi connectivity index (χ1v) is 6.56. The maximum Gasteiger partial charge on any atom is 0.542 e. The van der Waals surface area contributed by atoms with E-state index < -0.39 is 12.3 Å². The van der Waals surface area contributed by atoms with Gasteiger partial charge < -0.3 is 18.9 Å². The molecule has 0 amide bonds. The summed E-state index contributed by atoms with van der Waals surface area (Å²) in [5.41, 5.74) is 0. The Bertz CT molecular complexity index is 278. The number of carbonyl (C=O) groups is 2. The fraction of sp³-hybridized carbons (Fsp3) is 0.833. The Balaban J connectivity index is 3.47. The summed E-state index contributed by atoms with van der Waals surface area (Å²) in [6.07, 6.45) is -1.49. The summed E-state index contributed by atoms with van der Waals surface area (Å²) < 4.78 is 19.1. The molecule has 0 radical (unpaired) electrons. The van der Waals surface area contributed by atoms with Crippen molar-refractivity contribution in [3.63, 3.8) is 0 Å². The van der Waals surface area contributed by atoms with Gasteiger partial charge in [-0.3, -0.25) is 0 Å². The predicted molar refractivity (Wildman–Crippen MR) is 69.2 cm³/mol. The van der Waals surface area contributed by atoms with Crippen molar-refractivity contribution in [3.05, 3.63) is 0 Å². The van der Waals surface area contributed by atoms with Gasteiger partial charge >= 0.3 is 12.3 Å². The van der Waals surface area contributed by atoms with Crippen LogP contribution in [0.2, 0.25) is 0 Å². The Hall–Kier alpha value is -1.62. The van der Waals surface area contributed by atoms with Gasteiger partial charge in [0, 0.05) is 37.1 Å². The van der Waals surface area contributed by atoms with Crippen LogP contribution in [0.3, 0.4) is 0 Å². The van der Waals surface area contributed by atoms with E-state index >= 15 is 0 Å². The molecule has 2 unspecified atom stereocenters. The minimum Gasteiger partial charge on any atom is -0.432 e. The fourth-order valence-electron chi connectivity index (χ4n) is 0.984. The Labute approximate surface area is 128 Å². The topological polar surface area (TPSA) is 108 Å². The first kappa shape index (κ1) is 20.4. The second-order valence-corrected chi connectivity index (χ2v) is 4.17. The zero-order valence-corrected chi connectivity index (χ0v) is 13.1. The molecular formula is C12H22O10. The summed E-state index contributed by atoms with van der Waals surface area (Å²) in [6.45, 7) is 3.75. The largest absolute Gasteiger partial charge is 0.542 e. The molecule has 0 aliphatic carbocycles. The lowest BCUT2D eigenvalue weighted by Crippen LogP contribution is -2.16. The van der Waals surface area contributed by atoms with Gasteiger partial charge in [0.1, 0.15) is 0 Å². The number of methoxy groups -OCH3 is 2. The van der Waals surface area contributed by atoms with Gasteiger partial charge in [0.15, 0.2) is 0 Å². The Morgan fingerprint density at radius 2 is 1.14 bits per heavy atom. The zero-order valence-electron chi connectivity index (χ0n) is 13.1. The summed E-state index contributed by atoms with van der Waals surface area (Å²) in [5.74, 6) is 0. The Morgan fingerprint density at radius 1 is 0.773 bits per heavy atom. The van der Waals surface area contributed by atoms with E-state index in [9.17, 15) is 9.59 Å². The van der Waals surface area contributed by atoms with Crippen molar-refractivity contribution < 1.29 is 48.4 Å². The SMILES string of the molecule is COC(C)CCOC(=O)OOOOC(=O)OCCC(C)OC. The van der Waals surface area contributed by atoms with Gasteiger partial charge in [-0.05, 0) is 13.8 Å². The summed E-state index contributed by atoms with van der Waals surface area (Å²) in [4.78, 5) is 29.9. The summed E-state index contributed by atoms with van der Waals surface area (Å²) in [5, 5.41) is 7.69. The molecule has 22 heavy (non-hydrogen) atoms. The van der Waals surface area contributed by atoms with Crippen LogP contribution in [-0.4, -0.2) is 52.0 Å². The lowest BCUT2D eigenvalue weighted by Gasteiger charge is -2.09. The van der Waals surface area contributed by atoms with E-state index in [0.29, 0.717) is 12.8 Å². The van der Waals surface area contributed by atoms with Crippen LogP contribution in [0, 0.1) is 0 Å². The lowest BCUT2D eigenvalue weighted by molar-refractivity contribution is -0.601. The minimum absolute atomic E-state index is 0.0658. The Kier molecular flexibility index (Phi) is 12.1. The second kappa shape index (κ2) is 13.1. The van der Waals surface area contributed by atoms with Crippen LogP contribution in [0.25, 0.3) is 0 Å². The Morgan fingerprint density at radius 3 is 1.45 bits per heavy atom. The third kappa shape index (κ3) is 12.1. The summed E-state index contributed by atoms with van der Waals surface area (Å²) in [6, 6.07) is 0. The van der Waals surface area contributed by atoms with Gasteiger partial charge in [-0.25, -0.2) is 19.4 Å². The molecule has 0 aliphatic heterocycles. The van der Waals surface area contributed by atoms with Gasteiger partial charge in [0.2, 0.25) is 0 Å². The molecule has 0 spiro atoms. The monoisotopic (exact) mass is 326 g/mol. The van der Waals surface area contributed by atoms with E-state index in [1.54, 1.807) is 13.8 Å². The molecule has 0 bridgehead atoms. The first-order valence-electron chi connectivity index (χ1n) is 6.56. The van der Waals surface area contributed by atoms with Gasteiger partial charge in [0.05, 0.1) is 25.4 Å². The molecule has 0 saturated carbocycles. The highest BCUT2D eigenvalue weighted by atomic mass is 17.7. The molecular weight excluding hydrogens is 304 g/mol. The van der Waals surface area contributed by atoms with E-state index in [4.69, 9.17) is 9.47 Å². The van der Waals surface area contributed by atoms with E-state index in [2.05, 4.69) is 29.3 Å². The van der Waals surface area contributed by atoms with Crippen LogP contribution in [0.5, 0.6) is 0 Å². The van der Waals surface area contributed by atoms with E-state index in [1.165, 1.54) is 14.2 Å². The highest BCUT2D eigenvalue weighted by molar-refractivity contribution is 5.59. The van der Waals surface area contributed by atoms with Crippen LogP contribution in [0.4, 0.5) is 9.59 Å². The molecule has 130 valence electrons.